The molecule has 1 aliphatic heterocycles. The molecule has 1 aromatic rings. The highest BCUT2D eigenvalue weighted by Gasteiger charge is 2.14. The van der Waals surface area contributed by atoms with Gasteiger partial charge in [-0.3, -0.25) is 0 Å². The predicted molar refractivity (Wildman–Crippen MR) is 65.6 cm³/mol. The number of aryl methyl sites for hydroxylation is 1. The van der Waals surface area contributed by atoms with E-state index in [0.717, 1.165) is 19.5 Å². The highest BCUT2D eigenvalue weighted by atomic mass is 15.2. The van der Waals surface area contributed by atoms with Gasteiger partial charge in [0.15, 0.2) is 0 Å². The minimum Gasteiger partial charge on any atom is -0.371 e. The van der Waals surface area contributed by atoms with Gasteiger partial charge >= 0.3 is 0 Å². The van der Waals surface area contributed by atoms with E-state index in [-0.39, 0.29) is 0 Å². The zero-order chi connectivity index (χ0) is 11.2. The molecule has 0 amide bonds. The maximum Gasteiger partial charge on any atom is 0.0398 e. The largest absolute Gasteiger partial charge is 0.371 e. The topological polar surface area (TPSA) is 52.0 Å². The van der Waals surface area contributed by atoms with Crippen molar-refractivity contribution in [1.29, 1.82) is 0 Å². The molecule has 0 bridgehead atoms. The molecule has 0 unspecified atom stereocenters. The molecule has 16 heavy (non-hydrogen) atoms. The van der Waals surface area contributed by atoms with Gasteiger partial charge in [0, 0.05) is 30.2 Å². The lowest BCUT2D eigenvalue weighted by Crippen LogP contribution is -2.30. The summed E-state index contributed by atoms with van der Waals surface area (Å²) in [7, 11) is 0. The average molecular weight is 216 g/mol. The average Bonchev–Trinajstić information content (AvgIpc) is 2.35. The van der Waals surface area contributed by atoms with Crippen LogP contribution in [0.1, 0.15) is 18.4 Å². The number of anilines is 1. The summed E-state index contributed by atoms with van der Waals surface area (Å²) in [5, 5.41) is 3.57. The highest BCUT2D eigenvalue weighted by Crippen LogP contribution is 2.26. The molecule has 0 atom stereocenters. The summed E-state index contributed by atoms with van der Waals surface area (Å²) in [4.78, 5) is 5.16. The lowest BCUT2D eigenvalue weighted by atomic mass is 10.0. The van der Waals surface area contributed by atoms with Crippen molar-refractivity contribution in [2.45, 2.75) is 19.3 Å². The molecule has 0 spiro atoms. The summed E-state index contributed by atoms with van der Waals surface area (Å²) in [6, 6.07) is 8.57. The molecule has 0 N–H and O–H groups in total. The molecule has 0 fully saturated rings. The Balaban J connectivity index is 1.98. The molecule has 0 radical (unpaired) electrons. The second-order valence-corrected chi connectivity index (χ2v) is 4.03. The Morgan fingerprint density at radius 1 is 1.38 bits per heavy atom. The minimum atomic E-state index is 0.592. The Labute approximate surface area is 95.5 Å². The maximum absolute atomic E-state index is 8.21. The van der Waals surface area contributed by atoms with Gasteiger partial charge in [-0.1, -0.05) is 23.3 Å². The molecular formula is C12H16N4. The zero-order valence-corrected chi connectivity index (χ0v) is 9.34. The van der Waals surface area contributed by atoms with Crippen molar-refractivity contribution in [1.82, 2.24) is 0 Å². The van der Waals surface area contributed by atoms with Crippen LogP contribution in [0.4, 0.5) is 5.69 Å². The third-order valence-electron chi connectivity index (χ3n) is 2.96. The van der Waals surface area contributed by atoms with E-state index < -0.39 is 0 Å². The molecule has 1 aliphatic rings. The van der Waals surface area contributed by atoms with E-state index in [1.807, 2.05) is 0 Å². The van der Waals surface area contributed by atoms with Crippen molar-refractivity contribution in [2.24, 2.45) is 5.11 Å². The van der Waals surface area contributed by atoms with Crippen molar-refractivity contribution in [3.63, 3.8) is 0 Å². The predicted octanol–water partition coefficient (Wildman–Crippen LogP) is 3.14. The first kappa shape index (κ1) is 10.8. The first-order chi connectivity index (χ1) is 7.92. The molecule has 2 rings (SSSR count). The number of para-hydroxylation sites is 1. The standard InChI is InChI=1S/C12H16N4/c13-15-14-8-4-10-16-9-3-6-11-5-1-2-7-12(11)16/h1-2,5,7H,3-4,6,8-10H2. The summed E-state index contributed by atoms with van der Waals surface area (Å²) < 4.78 is 0. The van der Waals surface area contributed by atoms with Crippen LogP contribution in [-0.4, -0.2) is 19.6 Å². The van der Waals surface area contributed by atoms with E-state index in [4.69, 9.17) is 5.53 Å². The number of hydrogen-bond donors (Lipinski definition) is 0. The van der Waals surface area contributed by atoms with Gasteiger partial charge in [-0.25, -0.2) is 0 Å². The van der Waals surface area contributed by atoms with Crippen LogP contribution < -0.4 is 4.90 Å². The molecule has 0 aliphatic carbocycles. The van der Waals surface area contributed by atoms with Crippen molar-refractivity contribution >= 4 is 5.69 Å². The van der Waals surface area contributed by atoms with Gasteiger partial charge in [0.1, 0.15) is 0 Å². The van der Waals surface area contributed by atoms with Crippen LogP contribution in [0.3, 0.4) is 0 Å². The summed E-state index contributed by atoms with van der Waals surface area (Å²) in [6.45, 7) is 2.69. The van der Waals surface area contributed by atoms with Gasteiger partial charge < -0.3 is 4.90 Å². The minimum absolute atomic E-state index is 0.592. The molecule has 4 heteroatoms. The number of azide groups is 1. The van der Waals surface area contributed by atoms with Gasteiger partial charge in [-0.05, 0) is 36.4 Å². The second-order valence-electron chi connectivity index (χ2n) is 4.03. The van der Waals surface area contributed by atoms with E-state index in [0.29, 0.717) is 6.54 Å². The summed E-state index contributed by atoms with van der Waals surface area (Å²) in [6.07, 6.45) is 3.33. The Morgan fingerprint density at radius 3 is 3.12 bits per heavy atom. The summed E-state index contributed by atoms with van der Waals surface area (Å²) in [5.41, 5.74) is 11.0. The first-order valence-corrected chi connectivity index (χ1v) is 5.75. The molecule has 1 aromatic carbocycles. The van der Waals surface area contributed by atoms with E-state index in [1.54, 1.807) is 0 Å². The van der Waals surface area contributed by atoms with Gasteiger partial charge in [-0.2, -0.15) is 0 Å². The first-order valence-electron chi connectivity index (χ1n) is 5.75. The van der Waals surface area contributed by atoms with E-state index >= 15 is 0 Å². The van der Waals surface area contributed by atoms with Crippen LogP contribution in [0.2, 0.25) is 0 Å². The summed E-state index contributed by atoms with van der Waals surface area (Å²) >= 11 is 0. The van der Waals surface area contributed by atoms with E-state index in [1.165, 1.54) is 24.1 Å². The number of nitrogens with zero attached hydrogens (tertiary/aromatic N) is 4. The van der Waals surface area contributed by atoms with Gasteiger partial charge in [0.05, 0.1) is 0 Å². The number of hydrogen-bond acceptors (Lipinski definition) is 2. The number of rotatable bonds is 4. The van der Waals surface area contributed by atoms with E-state index in [2.05, 4.69) is 39.2 Å². The fraction of sp³-hybridized carbons (Fsp3) is 0.500. The van der Waals surface area contributed by atoms with Crippen molar-refractivity contribution in [3.8, 4) is 0 Å². The zero-order valence-electron chi connectivity index (χ0n) is 9.34. The molecular weight excluding hydrogens is 200 g/mol. The Kier molecular flexibility index (Phi) is 3.67. The summed E-state index contributed by atoms with van der Waals surface area (Å²) in [5.74, 6) is 0. The second kappa shape index (κ2) is 5.42. The third kappa shape index (κ3) is 2.47. The van der Waals surface area contributed by atoms with Crippen LogP contribution in [0, 0.1) is 0 Å². The van der Waals surface area contributed by atoms with Crippen LogP contribution >= 0.6 is 0 Å². The molecule has 4 nitrogen and oxygen atoms in total. The van der Waals surface area contributed by atoms with Gasteiger partial charge in [0.25, 0.3) is 0 Å². The van der Waals surface area contributed by atoms with Crippen molar-refractivity contribution in [3.05, 3.63) is 40.3 Å². The van der Waals surface area contributed by atoms with Crippen molar-refractivity contribution in [2.75, 3.05) is 24.5 Å². The Hall–Kier alpha value is -1.67. The molecule has 0 aromatic heterocycles. The van der Waals surface area contributed by atoms with Crippen LogP contribution in [0.25, 0.3) is 10.4 Å². The molecule has 0 saturated carbocycles. The molecule has 84 valence electrons. The fourth-order valence-corrected chi connectivity index (χ4v) is 2.22. The van der Waals surface area contributed by atoms with Crippen LogP contribution in [0.5, 0.6) is 0 Å². The lowest BCUT2D eigenvalue weighted by Gasteiger charge is -2.31. The molecule has 0 saturated heterocycles. The quantitative estimate of drug-likeness (QED) is 0.330. The van der Waals surface area contributed by atoms with Crippen LogP contribution in [0.15, 0.2) is 29.4 Å². The van der Waals surface area contributed by atoms with Gasteiger partial charge in [-0.15, -0.1) is 0 Å². The van der Waals surface area contributed by atoms with Gasteiger partial charge in [0.2, 0.25) is 0 Å². The SMILES string of the molecule is [N-]=[N+]=NCCCN1CCCc2ccccc21. The monoisotopic (exact) mass is 216 g/mol. The Bertz CT molecular complexity index is 396. The smallest absolute Gasteiger partial charge is 0.0398 e. The fourth-order valence-electron chi connectivity index (χ4n) is 2.22. The van der Waals surface area contributed by atoms with E-state index in [9.17, 15) is 0 Å². The maximum atomic E-state index is 8.21. The third-order valence-corrected chi connectivity index (χ3v) is 2.96. The Morgan fingerprint density at radius 2 is 2.25 bits per heavy atom. The van der Waals surface area contributed by atoms with Crippen LogP contribution in [-0.2, 0) is 6.42 Å². The number of fused-ring (bicyclic) bond motifs is 1. The lowest BCUT2D eigenvalue weighted by molar-refractivity contribution is 0.668. The normalized spacial score (nSPS) is 14.1. The highest BCUT2D eigenvalue weighted by molar-refractivity contribution is 5.55. The number of benzene rings is 1. The van der Waals surface area contributed by atoms with Crippen molar-refractivity contribution < 1.29 is 0 Å². The molecule has 1 heterocycles.